The van der Waals surface area contributed by atoms with Crippen molar-refractivity contribution in [1.82, 2.24) is 0 Å². The number of para-hydroxylation sites is 1. The Kier molecular flexibility index (Phi) is 5.02. The van der Waals surface area contributed by atoms with Crippen LogP contribution in [0.4, 0.5) is 10.1 Å². The number of ether oxygens (including phenoxy) is 1. The number of amides is 1. The van der Waals surface area contributed by atoms with Crippen LogP contribution in [0.3, 0.4) is 0 Å². The topological polar surface area (TPSA) is 79.2 Å². The van der Waals surface area contributed by atoms with Crippen LogP contribution in [0.1, 0.15) is 21.5 Å². The van der Waals surface area contributed by atoms with Crippen LogP contribution in [0, 0.1) is 0 Å². The number of hydrogen-bond donors (Lipinski definition) is 1. The number of carbonyl (C=O) groups excluding carboxylic acids is 2. The van der Waals surface area contributed by atoms with Crippen molar-refractivity contribution >= 4 is 23.5 Å². The molecule has 0 saturated carbocycles. The minimum Gasteiger partial charge on any atom is -0.431 e. The number of nitrogens with zero attached hydrogens (tertiary/aromatic N) is 2. The molecule has 30 heavy (non-hydrogen) atoms. The van der Waals surface area contributed by atoms with Crippen LogP contribution in [0.15, 0.2) is 90.1 Å². The first kappa shape index (κ1) is 19.3. The van der Waals surface area contributed by atoms with Crippen LogP contribution in [-0.2, 0) is 21.7 Å². The van der Waals surface area contributed by atoms with Gasteiger partial charge in [0.2, 0.25) is 0 Å². The standard InChI is InChI=1S/C23H17FN2O4/c24-21(25-29)23(30-20(27)17-11-5-2-6-12-17)18-13-7-8-14-19(18)26(22(23)28)15-16-9-3-1-4-10-16/h1-14,29H,15H2/b25-21-. The Morgan fingerprint density at radius 2 is 1.57 bits per heavy atom. The maximum absolute atomic E-state index is 15.0. The molecule has 0 saturated heterocycles. The molecule has 1 N–H and O–H groups in total. The van der Waals surface area contributed by atoms with Crippen LogP contribution in [0.5, 0.6) is 0 Å². The first-order valence-electron chi connectivity index (χ1n) is 9.19. The number of rotatable bonds is 5. The number of hydrogen-bond acceptors (Lipinski definition) is 5. The van der Waals surface area contributed by atoms with Gasteiger partial charge < -0.3 is 14.8 Å². The van der Waals surface area contributed by atoms with E-state index in [9.17, 15) is 19.2 Å². The Morgan fingerprint density at radius 1 is 0.967 bits per heavy atom. The zero-order chi connectivity index (χ0) is 21.1. The van der Waals surface area contributed by atoms with E-state index in [2.05, 4.69) is 5.16 Å². The summed E-state index contributed by atoms with van der Waals surface area (Å²) in [6.07, 6.45) is 0. The number of esters is 1. The maximum Gasteiger partial charge on any atom is 0.340 e. The summed E-state index contributed by atoms with van der Waals surface area (Å²) in [7, 11) is 0. The molecule has 3 aromatic rings. The van der Waals surface area contributed by atoms with Gasteiger partial charge in [0.05, 0.1) is 17.8 Å². The van der Waals surface area contributed by atoms with Crippen molar-refractivity contribution in [1.29, 1.82) is 0 Å². The maximum atomic E-state index is 15.0. The van der Waals surface area contributed by atoms with Gasteiger partial charge in [-0.15, -0.1) is 0 Å². The van der Waals surface area contributed by atoms with E-state index in [1.165, 1.54) is 23.1 Å². The van der Waals surface area contributed by atoms with E-state index in [4.69, 9.17) is 4.74 Å². The second-order valence-electron chi connectivity index (χ2n) is 6.72. The number of oxime groups is 1. The molecular formula is C23H17FN2O4. The van der Waals surface area contributed by atoms with Gasteiger partial charge in [0.15, 0.2) is 0 Å². The van der Waals surface area contributed by atoms with Gasteiger partial charge in [0.1, 0.15) is 0 Å². The van der Waals surface area contributed by atoms with Gasteiger partial charge in [-0.25, -0.2) is 4.79 Å². The summed E-state index contributed by atoms with van der Waals surface area (Å²) in [4.78, 5) is 27.5. The molecule has 0 aliphatic carbocycles. The highest BCUT2D eigenvalue weighted by atomic mass is 19.1. The summed E-state index contributed by atoms with van der Waals surface area (Å²) in [6.45, 7) is 0.125. The minimum atomic E-state index is -2.51. The summed E-state index contributed by atoms with van der Waals surface area (Å²) in [5.74, 6) is -3.29. The number of anilines is 1. The molecule has 0 aromatic heterocycles. The molecule has 1 amide bonds. The van der Waals surface area contributed by atoms with Crippen molar-refractivity contribution in [2.24, 2.45) is 5.16 Å². The SMILES string of the molecule is O=C(OC1(/C(F)=N/O)C(=O)N(Cc2ccccc2)c2ccccc21)c1ccccc1. The van der Waals surface area contributed by atoms with E-state index < -0.39 is 23.4 Å². The van der Waals surface area contributed by atoms with Gasteiger partial charge in [-0.1, -0.05) is 71.9 Å². The molecule has 0 radical (unpaired) electrons. The largest absolute Gasteiger partial charge is 0.431 e. The Balaban J connectivity index is 1.82. The predicted octanol–water partition coefficient (Wildman–Crippen LogP) is 4.04. The highest BCUT2D eigenvalue weighted by molar-refractivity contribution is 6.21. The number of fused-ring (bicyclic) bond motifs is 1. The zero-order valence-electron chi connectivity index (χ0n) is 15.7. The van der Waals surface area contributed by atoms with Gasteiger partial charge in [0, 0.05) is 5.56 Å². The van der Waals surface area contributed by atoms with Crippen LogP contribution in [0.2, 0.25) is 0 Å². The van der Waals surface area contributed by atoms with Gasteiger partial charge >= 0.3 is 5.97 Å². The number of carbonyl (C=O) groups is 2. The average molecular weight is 404 g/mol. The van der Waals surface area contributed by atoms with Crippen molar-refractivity contribution in [2.75, 3.05) is 4.90 Å². The highest BCUT2D eigenvalue weighted by Crippen LogP contribution is 2.45. The fraction of sp³-hybridized carbons (Fsp3) is 0.0870. The van der Waals surface area contributed by atoms with Crippen LogP contribution in [-0.4, -0.2) is 23.0 Å². The zero-order valence-corrected chi connectivity index (χ0v) is 15.7. The fourth-order valence-corrected chi connectivity index (χ4v) is 3.53. The summed E-state index contributed by atoms with van der Waals surface area (Å²) in [5, 5.41) is 11.8. The first-order valence-corrected chi connectivity index (χ1v) is 9.19. The predicted molar refractivity (Wildman–Crippen MR) is 108 cm³/mol. The molecule has 1 aliphatic heterocycles. The third-order valence-electron chi connectivity index (χ3n) is 4.94. The lowest BCUT2D eigenvalue weighted by atomic mass is 9.95. The van der Waals surface area contributed by atoms with Crippen molar-refractivity contribution in [3.05, 3.63) is 102 Å². The Bertz CT molecular complexity index is 1120. The van der Waals surface area contributed by atoms with Gasteiger partial charge in [-0.3, -0.25) is 4.79 Å². The van der Waals surface area contributed by atoms with Gasteiger partial charge in [-0.2, -0.15) is 4.39 Å². The Hall–Kier alpha value is -4.00. The lowest BCUT2D eigenvalue weighted by molar-refractivity contribution is -0.131. The third-order valence-corrected chi connectivity index (χ3v) is 4.94. The van der Waals surface area contributed by atoms with E-state index in [1.54, 1.807) is 36.4 Å². The molecule has 0 spiro atoms. The first-order chi connectivity index (χ1) is 14.6. The second-order valence-corrected chi connectivity index (χ2v) is 6.72. The molecule has 1 atom stereocenters. The number of benzene rings is 3. The Labute approximate surface area is 171 Å². The van der Waals surface area contributed by atoms with Crippen molar-refractivity contribution in [3.63, 3.8) is 0 Å². The normalized spacial score (nSPS) is 18.2. The molecule has 150 valence electrons. The molecule has 1 aliphatic rings. The smallest absolute Gasteiger partial charge is 0.340 e. The molecule has 0 fully saturated rings. The highest BCUT2D eigenvalue weighted by Gasteiger charge is 2.59. The molecular weight excluding hydrogens is 387 g/mol. The van der Waals surface area contributed by atoms with E-state index in [-0.39, 0.29) is 17.7 Å². The molecule has 7 heteroatoms. The average Bonchev–Trinajstić information content (AvgIpc) is 3.03. The van der Waals surface area contributed by atoms with Crippen LogP contribution < -0.4 is 4.90 Å². The fourth-order valence-electron chi connectivity index (χ4n) is 3.53. The molecule has 3 aromatic carbocycles. The molecule has 6 nitrogen and oxygen atoms in total. The summed E-state index contributed by atoms with van der Waals surface area (Å²) in [5.41, 5.74) is -1.12. The lowest BCUT2D eigenvalue weighted by Crippen LogP contribution is -2.48. The molecule has 1 unspecified atom stereocenters. The lowest BCUT2D eigenvalue weighted by Gasteiger charge is -2.25. The van der Waals surface area contributed by atoms with Gasteiger partial charge in [0.25, 0.3) is 17.5 Å². The monoisotopic (exact) mass is 404 g/mol. The van der Waals surface area contributed by atoms with Crippen molar-refractivity contribution in [2.45, 2.75) is 12.1 Å². The Morgan fingerprint density at radius 3 is 2.23 bits per heavy atom. The quantitative estimate of drug-likeness (QED) is 0.301. The molecule has 1 heterocycles. The molecule has 0 bridgehead atoms. The molecule has 4 rings (SSSR count). The van der Waals surface area contributed by atoms with Crippen molar-refractivity contribution in [3.8, 4) is 0 Å². The van der Waals surface area contributed by atoms with Gasteiger partial charge in [-0.05, 0) is 23.8 Å². The number of halogens is 1. The summed E-state index contributed by atoms with van der Waals surface area (Å²) >= 11 is 0. The summed E-state index contributed by atoms with van der Waals surface area (Å²) < 4.78 is 20.4. The van der Waals surface area contributed by atoms with Crippen LogP contribution in [0.25, 0.3) is 0 Å². The minimum absolute atomic E-state index is 0.0884. The van der Waals surface area contributed by atoms with E-state index >= 15 is 0 Å². The van der Waals surface area contributed by atoms with E-state index in [0.717, 1.165) is 5.56 Å². The third kappa shape index (κ3) is 3.10. The van der Waals surface area contributed by atoms with Crippen molar-refractivity contribution < 1.29 is 23.9 Å². The second kappa shape index (κ2) is 7.79. The van der Waals surface area contributed by atoms with E-state index in [0.29, 0.717) is 5.69 Å². The van der Waals surface area contributed by atoms with Crippen LogP contribution >= 0.6 is 0 Å². The van der Waals surface area contributed by atoms with E-state index in [1.807, 2.05) is 30.3 Å². The summed E-state index contributed by atoms with van der Waals surface area (Å²) in [6, 6.07) is 23.4.